The van der Waals surface area contributed by atoms with Gasteiger partial charge in [0.1, 0.15) is 0 Å². The Labute approximate surface area is 169 Å². The van der Waals surface area contributed by atoms with Crippen LogP contribution in [0.15, 0.2) is 48.2 Å². The molecule has 152 valence electrons. The molecule has 0 radical (unpaired) electrons. The van der Waals surface area contributed by atoms with Crippen molar-refractivity contribution in [1.82, 2.24) is 4.57 Å². The van der Waals surface area contributed by atoms with Crippen molar-refractivity contribution in [2.24, 2.45) is 0 Å². The number of ketones is 1. The van der Waals surface area contributed by atoms with E-state index in [2.05, 4.69) is 0 Å². The van der Waals surface area contributed by atoms with Crippen molar-refractivity contribution in [2.75, 3.05) is 27.9 Å². The van der Waals surface area contributed by atoms with Crippen LogP contribution < -0.4 is 14.2 Å². The Morgan fingerprint density at radius 1 is 1.03 bits per heavy atom. The first-order chi connectivity index (χ1) is 14.0. The number of carbonyl (C=O) groups is 1. The number of methoxy groups -OCH3 is 3. The first kappa shape index (κ1) is 20.5. The molecule has 0 spiro atoms. The Balaban J connectivity index is 1.93. The number of benzene rings is 2. The maximum absolute atomic E-state index is 13.0. The van der Waals surface area contributed by atoms with Gasteiger partial charge in [-0.2, -0.15) is 0 Å². The minimum Gasteiger partial charge on any atom is -0.493 e. The lowest BCUT2D eigenvalue weighted by atomic mass is 10.0. The van der Waals surface area contributed by atoms with Crippen molar-refractivity contribution in [3.63, 3.8) is 0 Å². The van der Waals surface area contributed by atoms with Gasteiger partial charge in [0.2, 0.25) is 5.75 Å². The number of hydrogen-bond acceptors (Lipinski definition) is 5. The molecule has 2 aromatic carbocycles. The monoisotopic (exact) mass is 395 g/mol. The lowest BCUT2D eigenvalue weighted by Gasteiger charge is -2.13. The molecule has 1 heterocycles. The van der Waals surface area contributed by atoms with Gasteiger partial charge >= 0.3 is 0 Å². The number of allylic oxidation sites excluding steroid dienone is 1. The molecule has 0 aliphatic heterocycles. The van der Waals surface area contributed by atoms with Gasteiger partial charge in [-0.05, 0) is 54.5 Å². The molecule has 29 heavy (non-hydrogen) atoms. The van der Waals surface area contributed by atoms with Gasteiger partial charge in [-0.25, -0.2) is 0 Å². The van der Waals surface area contributed by atoms with E-state index in [-0.39, 0.29) is 12.4 Å². The topological polar surface area (TPSA) is 69.9 Å². The van der Waals surface area contributed by atoms with E-state index >= 15 is 0 Å². The molecule has 0 fully saturated rings. The van der Waals surface area contributed by atoms with Crippen LogP contribution in [0.4, 0.5) is 0 Å². The summed E-state index contributed by atoms with van der Waals surface area (Å²) >= 11 is 0. The number of fused-ring (bicyclic) bond motifs is 1. The lowest BCUT2D eigenvalue weighted by Crippen LogP contribution is -2.04. The number of Topliss-reactive ketones (excluding diaryl/α,β-unsaturated/α-hetero) is 1. The number of hydrogen-bond donors (Lipinski definition) is 1. The highest BCUT2D eigenvalue weighted by atomic mass is 16.5. The number of aromatic nitrogens is 1. The fraction of sp³-hybridized carbons (Fsp3) is 0.261. The number of aliphatic hydroxyl groups is 1. The van der Waals surface area contributed by atoms with Gasteiger partial charge in [0, 0.05) is 29.2 Å². The maximum atomic E-state index is 13.0. The van der Waals surface area contributed by atoms with Gasteiger partial charge in [0.05, 0.1) is 27.9 Å². The second-order valence-electron chi connectivity index (χ2n) is 6.62. The second-order valence-corrected chi connectivity index (χ2v) is 6.62. The van der Waals surface area contributed by atoms with E-state index < -0.39 is 0 Å². The first-order valence-electron chi connectivity index (χ1n) is 9.25. The van der Waals surface area contributed by atoms with Gasteiger partial charge in [-0.3, -0.25) is 4.79 Å². The van der Waals surface area contributed by atoms with E-state index in [4.69, 9.17) is 19.3 Å². The van der Waals surface area contributed by atoms with E-state index in [0.717, 1.165) is 16.5 Å². The smallest absolute Gasteiger partial charge is 0.203 e. The Morgan fingerprint density at radius 2 is 1.72 bits per heavy atom. The van der Waals surface area contributed by atoms with Gasteiger partial charge in [-0.15, -0.1) is 0 Å². The number of rotatable bonds is 8. The van der Waals surface area contributed by atoms with Crippen LogP contribution in [0.5, 0.6) is 17.2 Å². The minimum absolute atomic E-state index is 0.0911. The van der Waals surface area contributed by atoms with E-state index in [9.17, 15) is 4.79 Å². The summed E-state index contributed by atoms with van der Waals surface area (Å²) in [6.07, 6.45) is 3.80. The summed E-state index contributed by atoms with van der Waals surface area (Å²) in [4.78, 5) is 13.0. The molecule has 0 aliphatic rings. The van der Waals surface area contributed by atoms with Crippen molar-refractivity contribution in [3.05, 3.63) is 59.3 Å². The maximum Gasteiger partial charge on any atom is 0.203 e. The van der Waals surface area contributed by atoms with E-state index in [1.54, 1.807) is 19.1 Å². The van der Waals surface area contributed by atoms with Gasteiger partial charge in [-0.1, -0.05) is 6.07 Å². The number of carbonyl (C=O) groups excluding carboxylic acids is 1. The van der Waals surface area contributed by atoms with Crippen LogP contribution in [0.2, 0.25) is 0 Å². The average Bonchev–Trinajstić information content (AvgIpc) is 3.14. The summed E-state index contributed by atoms with van der Waals surface area (Å²) in [6.45, 7) is 2.43. The minimum atomic E-state index is -0.123. The standard InChI is InChI=1S/C23H25NO5/c1-15(11-16-5-6-19-17(12-16)7-8-24(19)9-10-25)22(26)18-13-20(27-2)23(29-4)21(14-18)28-3/h5-8,11-14,25H,9-10H2,1-4H3/b15-11+. The molecule has 3 aromatic rings. The van der Waals surface area contributed by atoms with Crippen LogP contribution >= 0.6 is 0 Å². The quantitative estimate of drug-likeness (QED) is 0.462. The summed E-state index contributed by atoms with van der Waals surface area (Å²) in [5.74, 6) is 1.21. The van der Waals surface area contributed by atoms with Crippen LogP contribution in [0.25, 0.3) is 17.0 Å². The van der Waals surface area contributed by atoms with Gasteiger partial charge in [0.25, 0.3) is 0 Å². The molecule has 3 rings (SSSR count). The zero-order valence-corrected chi connectivity index (χ0v) is 17.1. The van der Waals surface area contributed by atoms with E-state index in [1.165, 1.54) is 21.3 Å². The molecule has 6 heteroatoms. The highest BCUT2D eigenvalue weighted by molar-refractivity contribution is 6.11. The highest BCUT2D eigenvalue weighted by Gasteiger charge is 2.18. The molecule has 0 saturated heterocycles. The fourth-order valence-electron chi connectivity index (χ4n) is 3.37. The molecule has 0 saturated carbocycles. The summed E-state index contributed by atoms with van der Waals surface area (Å²) in [7, 11) is 4.57. The zero-order valence-electron chi connectivity index (χ0n) is 17.1. The average molecular weight is 395 g/mol. The molecule has 0 bridgehead atoms. The van der Waals surface area contributed by atoms with E-state index in [0.29, 0.717) is 34.9 Å². The molecule has 0 aliphatic carbocycles. The zero-order chi connectivity index (χ0) is 21.0. The lowest BCUT2D eigenvalue weighted by molar-refractivity contribution is 0.103. The van der Waals surface area contributed by atoms with Crippen molar-refractivity contribution in [3.8, 4) is 17.2 Å². The number of ether oxygens (including phenoxy) is 3. The molecular weight excluding hydrogens is 370 g/mol. The predicted molar refractivity (Wildman–Crippen MR) is 113 cm³/mol. The third-order valence-corrected chi connectivity index (χ3v) is 4.80. The summed E-state index contributed by atoms with van der Waals surface area (Å²) in [5, 5.41) is 10.2. The molecule has 0 atom stereocenters. The fourth-order valence-corrected chi connectivity index (χ4v) is 3.37. The van der Waals surface area contributed by atoms with Crippen LogP contribution in [0.3, 0.4) is 0 Å². The summed E-state index contributed by atoms with van der Waals surface area (Å²) in [6, 6.07) is 11.3. The number of aliphatic hydroxyl groups excluding tert-OH is 1. The third kappa shape index (κ3) is 4.12. The molecule has 0 amide bonds. The van der Waals surface area contributed by atoms with Crippen LogP contribution in [0, 0.1) is 0 Å². The van der Waals surface area contributed by atoms with Crippen LogP contribution in [-0.2, 0) is 6.54 Å². The highest BCUT2D eigenvalue weighted by Crippen LogP contribution is 2.38. The van der Waals surface area contributed by atoms with Crippen molar-refractivity contribution in [2.45, 2.75) is 13.5 Å². The Bertz CT molecular complexity index is 1040. The predicted octanol–water partition coefficient (Wildman–Crippen LogP) is 3.95. The first-order valence-corrected chi connectivity index (χ1v) is 9.25. The Hall–Kier alpha value is -3.25. The van der Waals surface area contributed by atoms with E-state index in [1.807, 2.05) is 41.1 Å². The normalized spacial score (nSPS) is 11.6. The van der Waals surface area contributed by atoms with Crippen molar-refractivity contribution < 1.29 is 24.1 Å². The Morgan fingerprint density at radius 3 is 2.31 bits per heavy atom. The Kier molecular flexibility index (Phi) is 6.24. The second kappa shape index (κ2) is 8.84. The SMILES string of the molecule is COc1cc(C(=O)/C(C)=C/c2ccc3c(ccn3CCO)c2)cc(OC)c1OC. The van der Waals surface area contributed by atoms with Crippen molar-refractivity contribution in [1.29, 1.82) is 0 Å². The number of nitrogens with zero attached hydrogens (tertiary/aromatic N) is 1. The molecule has 6 nitrogen and oxygen atoms in total. The van der Waals surface area contributed by atoms with Crippen molar-refractivity contribution >= 4 is 22.8 Å². The van der Waals surface area contributed by atoms with Gasteiger partial charge < -0.3 is 23.9 Å². The molecular formula is C23H25NO5. The molecule has 1 aromatic heterocycles. The third-order valence-electron chi connectivity index (χ3n) is 4.80. The van der Waals surface area contributed by atoms with Crippen LogP contribution in [-0.4, -0.2) is 43.4 Å². The molecule has 1 N–H and O–H groups in total. The van der Waals surface area contributed by atoms with Crippen LogP contribution in [0.1, 0.15) is 22.8 Å². The molecule has 0 unspecified atom stereocenters. The largest absolute Gasteiger partial charge is 0.493 e. The summed E-state index contributed by atoms with van der Waals surface area (Å²) < 4.78 is 18.0. The summed E-state index contributed by atoms with van der Waals surface area (Å²) in [5.41, 5.74) is 3.03. The van der Waals surface area contributed by atoms with Gasteiger partial charge in [0.15, 0.2) is 17.3 Å².